The third kappa shape index (κ3) is 7.65. The van der Waals surface area contributed by atoms with Gasteiger partial charge in [0.2, 0.25) is 17.7 Å². The van der Waals surface area contributed by atoms with Crippen molar-refractivity contribution in [3.8, 4) is 22.6 Å². The van der Waals surface area contributed by atoms with Gasteiger partial charge in [0.05, 0.1) is 11.1 Å². The third-order valence-corrected chi connectivity index (χ3v) is 9.93. The Morgan fingerprint density at radius 1 is 0.875 bits per heavy atom. The predicted molar refractivity (Wildman–Crippen MR) is 203 cm³/mol. The van der Waals surface area contributed by atoms with Gasteiger partial charge in [-0.15, -0.1) is 0 Å². The van der Waals surface area contributed by atoms with Crippen molar-refractivity contribution in [2.45, 2.75) is 57.4 Å². The van der Waals surface area contributed by atoms with Gasteiger partial charge in [-0.05, 0) is 67.8 Å². The number of hydrogen-bond acceptors (Lipinski definition) is 8. The molecule has 1 atom stereocenters. The smallest absolute Gasteiger partial charge is 0.274 e. The minimum absolute atomic E-state index is 0.0482. The Morgan fingerprint density at radius 2 is 1.66 bits per heavy atom. The van der Waals surface area contributed by atoms with Gasteiger partial charge in [-0.25, -0.2) is 8.78 Å². The lowest BCUT2D eigenvalue weighted by Crippen LogP contribution is -2.54. The summed E-state index contributed by atoms with van der Waals surface area (Å²) in [6.45, 7) is 0.539. The average molecular weight is 765 g/mol. The minimum atomic E-state index is -1.03. The number of aromatic amines is 1. The monoisotopic (exact) mass is 764 g/mol. The van der Waals surface area contributed by atoms with Crippen molar-refractivity contribution >= 4 is 51.8 Å². The molecule has 2 aromatic heterocycles. The number of fused-ring (bicyclic) bond motifs is 2. The van der Waals surface area contributed by atoms with E-state index in [1.165, 1.54) is 10.6 Å². The number of amides is 5. The number of piperidine rings is 1. The number of ether oxygens (including phenoxy) is 1. The first-order chi connectivity index (χ1) is 27.0. The molecule has 288 valence electrons. The number of unbranched alkanes of at least 4 members (excludes halogenated alkanes) is 4. The largest absolute Gasteiger partial charge is 0.454 e. The third-order valence-electron chi connectivity index (χ3n) is 9.93. The Hall–Kier alpha value is -6.64. The number of aromatic nitrogens is 2. The summed E-state index contributed by atoms with van der Waals surface area (Å²) < 4.78 is 35.5. The lowest BCUT2D eigenvalue weighted by molar-refractivity contribution is -0.136. The van der Waals surface area contributed by atoms with E-state index in [9.17, 15) is 37.5 Å². The van der Waals surface area contributed by atoms with Gasteiger partial charge in [-0.3, -0.25) is 39.0 Å². The fourth-order valence-corrected chi connectivity index (χ4v) is 7.12. The van der Waals surface area contributed by atoms with Crippen LogP contribution in [0.15, 0.2) is 77.9 Å². The van der Waals surface area contributed by atoms with Crippen LogP contribution in [0.5, 0.6) is 11.5 Å². The zero-order chi connectivity index (χ0) is 39.5. The summed E-state index contributed by atoms with van der Waals surface area (Å²) in [5.41, 5.74) is 2.60. The average Bonchev–Trinajstić information content (AvgIpc) is 3.76. The molecule has 1 fully saturated rings. The van der Waals surface area contributed by atoms with E-state index in [4.69, 9.17) is 4.74 Å². The van der Waals surface area contributed by atoms with Crippen LogP contribution < -0.4 is 26.2 Å². The molecule has 2 aliphatic heterocycles. The van der Waals surface area contributed by atoms with Gasteiger partial charge in [0.25, 0.3) is 17.4 Å². The number of carbonyl (C=O) groups excluding carboxylic acids is 5. The Labute approximate surface area is 319 Å². The second kappa shape index (κ2) is 16.0. The molecule has 3 aromatic carbocycles. The molecule has 13 nitrogen and oxygen atoms in total. The van der Waals surface area contributed by atoms with Crippen molar-refractivity contribution < 1.29 is 37.5 Å². The summed E-state index contributed by atoms with van der Waals surface area (Å²) in [5.74, 6) is -4.00. The van der Waals surface area contributed by atoms with Crippen molar-refractivity contribution in [2.75, 3.05) is 17.2 Å². The van der Waals surface area contributed by atoms with Crippen molar-refractivity contribution in [3.05, 3.63) is 106 Å². The number of nitrogens with one attached hydrogen (secondary N) is 4. The quantitative estimate of drug-likeness (QED) is 0.0744. The maximum Gasteiger partial charge on any atom is 0.274 e. The Kier molecular flexibility index (Phi) is 10.8. The Balaban J connectivity index is 0.917. The molecule has 5 amide bonds. The van der Waals surface area contributed by atoms with E-state index >= 15 is 0 Å². The number of pyridine rings is 1. The molecule has 56 heavy (non-hydrogen) atoms. The molecule has 0 aliphatic carbocycles. The van der Waals surface area contributed by atoms with Crippen LogP contribution in [0.4, 0.5) is 20.2 Å². The van der Waals surface area contributed by atoms with Crippen LogP contribution in [-0.4, -0.2) is 56.6 Å². The number of carbonyl (C=O) groups is 5. The van der Waals surface area contributed by atoms with Gasteiger partial charge < -0.3 is 24.9 Å². The van der Waals surface area contributed by atoms with Crippen LogP contribution in [0.3, 0.4) is 0 Å². The van der Waals surface area contributed by atoms with Crippen molar-refractivity contribution in [2.24, 2.45) is 7.05 Å². The number of rotatable bonds is 14. The molecule has 0 spiro atoms. The summed E-state index contributed by atoms with van der Waals surface area (Å²) in [6, 6.07) is 13.5. The standard InChI is InChI=1S/C41H38F2N6O7/c1-48-22-28(25-17-19-45-37(25)41(48)55)27-21-24(12-15-32(27)56-33-14-11-23(42)20-29(33)43)46-34(50)10-5-3-2-4-6-18-44-30-9-7-8-26-36(30)40(54)49(39(26)53)31-13-16-35(51)47-38(31)52/h7-9,11-12,14-15,17,19-22,31,44-45H,2-6,10,13,16,18H2,1H3,(H,46,50)(H,47,51,52). The molecule has 4 N–H and O–H groups in total. The van der Waals surface area contributed by atoms with Crippen LogP contribution in [0, 0.1) is 11.6 Å². The number of benzene rings is 3. The van der Waals surface area contributed by atoms with Gasteiger partial charge in [0.1, 0.15) is 23.1 Å². The summed E-state index contributed by atoms with van der Waals surface area (Å²) in [4.78, 5) is 80.0. The molecule has 1 unspecified atom stereocenters. The van der Waals surface area contributed by atoms with E-state index < -0.39 is 41.3 Å². The maximum atomic E-state index is 14.6. The van der Waals surface area contributed by atoms with E-state index in [1.54, 1.807) is 61.9 Å². The molecule has 7 rings (SSSR count). The van der Waals surface area contributed by atoms with Crippen LogP contribution in [0.1, 0.15) is 72.1 Å². The molecule has 0 saturated carbocycles. The fraction of sp³-hybridized carbons (Fsp3) is 0.268. The second-order valence-corrected chi connectivity index (χ2v) is 13.8. The number of halogens is 2. The summed E-state index contributed by atoms with van der Waals surface area (Å²) in [7, 11) is 1.61. The molecule has 5 aromatic rings. The lowest BCUT2D eigenvalue weighted by atomic mass is 10.0. The van der Waals surface area contributed by atoms with Gasteiger partial charge in [-0.2, -0.15) is 0 Å². The fourth-order valence-electron chi connectivity index (χ4n) is 7.12. The minimum Gasteiger partial charge on any atom is -0.454 e. The van der Waals surface area contributed by atoms with Crippen molar-refractivity contribution in [3.63, 3.8) is 0 Å². The van der Waals surface area contributed by atoms with E-state index in [1.807, 2.05) is 0 Å². The number of nitrogens with zero attached hydrogens (tertiary/aromatic N) is 2. The Bertz CT molecular complexity index is 2460. The summed E-state index contributed by atoms with van der Waals surface area (Å²) in [5, 5.41) is 8.97. The highest BCUT2D eigenvalue weighted by Crippen LogP contribution is 2.39. The molecular formula is C41H38F2N6O7. The second-order valence-electron chi connectivity index (χ2n) is 13.8. The molecule has 15 heteroatoms. The predicted octanol–water partition coefficient (Wildman–Crippen LogP) is 6.40. The number of anilines is 2. The zero-order valence-corrected chi connectivity index (χ0v) is 30.4. The number of hydrogen-bond donors (Lipinski definition) is 4. The van der Waals surface area contributed by atoms with Gasteiger partial charge >= 0.3 is 0 Å². The molecule has 0 radical (unpaired) electrons. The lowest BCUT2D eigenvalue weighted by Gasteiger charge is -2.27. The van der Waals surface area contributed by atoms with E-state index in [0.29, 0.717) is 46.4 Å². The molecule has 0 bridgehead atoms. The van der Waals surface area contributed by atoms with E-state index in [-0.39, 0.29) is 53.4 Å². The van der Waals surface area contributed by atoms with Crippen LogP contribution in [-0.2, 0) is 21.4 Å². The van der Waals surface area contributed by atoms with Crippen molar-refractivity contribution in [1.82, 2.24) is 19.8 Å². The van der Waals surface area contributed by atoms with Crippen LogP contribution in [0.25, 0.3) is 22.0 Å². The number of H-pyrrole nitrogens is 1. The maximum absolute atomic E-state index is 14.6. The Morgan fingerprint density at radius 3 is 2.46 bits per heavy atom. The van der Waals surface area contributed by atoms with Crippen molar-refractivity contribution in [1.29, 1.82) is 0 Å². The summed E-state index contributed by atoms with van der Waals surface area (Å²) >= 11 is 0. The van der Waals surface area contributed by atoms with Gasteiger partial charge in [0, 0.05) is 72.8 Å². The first-order valence-corrected chi connectivity index (χ1v) is 18.3. The van der Waals surface area contributed by atoms with Gasteiger partial charge in [-0.1, -0.05) is 25.3 Å². The first-order valence-electron chi connectivity index (χ1n) is 18.3. The zero-order valence-electron chi connectivity index (χ0n) is 30.4. The highest BCUT2D eigenvalue weighted by molar-refractivity contribution is 6.25. The van der Waals surface area contributed by atoms with E-state index in [2.05, 4.69) is 20.9 Å². The molecule has 1 saturated heterocycles. The van der Waals surface area contributed by atoms with E-state index in [0.717, 1.165) is 42.7 Å². The molecule has 4 heterocycles. The highest BCUT2D eigenvalue weighted by Gasteiger charge is 2.45. The SMILES string of the molecule is Cn1cc(-c2cc(NC(=O)CCCCCCCNc3cccc4c3C(=O)N(C3CCC(=O)NC3=O)C4=O)ccc2Oc2ccc(F)cc2F)c2cc[nH]c2c1=O. The topological polar surface area (TPSA) is 172 Å². The number of aryl methyl sites for hydroxylation is 1. The van der Waals surface area contributed by atoms with Crippen LogP contribution in [0.2, 0.25) is 0 Å². The molecule has 2 aliphatic rings. The number of imide groups is 2. The highest BCUT2D eigenvalue weighted by atomic mass is 19.1. The van der Waals surface area contributed by atoms with Gasteiger partial charge in [0.15, 0.2) is 11.6 Å². The molecular weight excluding hydrogens is 726 g/mol. The first kappa shape index (κ1) is 37.7. The van der Waals surface area contributed by atoms with Crippen LogP contribution >= 0.6 is 0 Å². The normalized spacial score (nSPS) is 15.3. The summed E-state index contributed by atoms with van der Waals surface area (Å²) in [6.07, 6.45) is 7.59.